The van der Waals surface area contributed by atoms with Crippen LogP contribution in [0.2, 0.25) is 5.02 Å². The molecule has 0 saturated carbocycles. The monoisotopic (exact) mass is 339 g/mol. The Morgan fingerprint density at radius 3 is 2.71 bits per heavy atom. The van der Waals surface area contributed by atoms with Crippen molar-refractivity contribution < 1.29 is 4.79 Å². The molecule has 0 bridgehead atoms. The molecule has 0 N–H and O–H groups in total. The van der Waals surface area contributed by atoms with Crippen LogP contribution < -0.4 is 4.90 Å². The van der Waals surface area contributed by atoms with E-state index in [1.54, 1.807) is 29.2 Å². The Kier molecular flexibility index (Phi) is 3.54. The van der Waals surface area contributed by atoms with Crippen molar-refractivity contribution in [2.75, 3.05) is 4.90 Å². The first kappa shape index (κ1) is 14.8. The Balaban J connectivity index is 1.65. The second-order valence-corrected chi connectivity index (χ2v) is 6.17. The first-order valence-corrected chi connectivity index (χ1v) is 7.99. The summed E-state index contributed by atoms with van der Waals surface area (Å²) in [6.07, 6.45) is 0.827. The van der Waals surface area contributed by atoms with Crippen LogP contribution in [0, 0.1) is 0 Å². The lowest BCUT2D eigenvalue weighted by Crippen LogP contribution is -2.36. The van der Waals surface area contributed by atoms with E-state index < -0.39 is 0 Å². The molecule has 1 aliphatic rings. The van der Waals surface area contributed by atoms with E-state index in [1.807, 2.05) is 31.2 Å². The SMILES string of the molecule is C[C@@H]1Cc2ccccc2N1C(=O)c1nnn(-c2ccc(Cl)cc2)n1. The number of anilines is 1. The number of carbonyl (C=O) groups excluding carboxylic acids is 1. The van der Waals surface area contributed by atoms with Gasteiger partial charge in [-0.05, 0) is 54.5 Å². The largest absolute Gasteiger partial charge is 0.302 e. The van der Waals surface area contributed by atoms with Crippen LogP contribution in [0.25, 0.3) is 5.69 Å². The molecule has 4 rings (SSSR count). The standard InChI is InChI=1S/C17H14ClN5O/c1-11-10-12-4-2-3-5-15(12)22(11)17(24)16-19-21-23(20-16)14-8-6-13(18)7-9-14/h2-9,11H,10H2,1H3/t11-/m1/s1. The Morgan fingerprint density at radius 1 is 1.17 bits per heavy atom. The molecule has 0 saturated heterocycles. The summed E-state index contributed by atoms with van der Waals surface area (Å²) in [6.45, 7) is 2.02. The molecular formula is C17H14ClN5O. The van der Waals surface area contributed by atoms with Crippen LogP contribution in [-0.2, 0) is 6.42 Å². The molecule has 0 fully saturated rings. The van der Waals surface area contributed by atoms with Crippen molar-refractivity contribution in [3.8, 4) is 5.69 Å². The van der Waals surface area contributed by atoms with Gasteiger partial charge in [-0.1, -0.05) is 29.8 Å². The minimum Gasteiger partial charge on any atom is -0.302 e. The Labute approximate surface area is 143 Å². The van der Waals surface area contributed by atoms with Crippen molar-refractivity contribution in [1.82, 2.24) is 20.2 Å². The zero-order chi connectivity index (χ0) is 16.7. The lowest BCUT2D eigenvalue weighted by molar-refractivity contribution is 0.0971. The molecule has 120 valence electrons. The average Bonchev–Trinajstić information content (AvgIpc) is 3.19. The fraction of sp³-hybridized carbons (Fsp3) is 0.176. The first-order chi connectivity index (χ1) is 11.6. The highest BCUT2D eigenvalue weighted by atomic mass is 35.5. The maximum Gasteiger partial charge on any atom is 0.300 e. The van der Waals surface area contributed by atoms with Gasteiger partial charge in [-0.15, -0.1) is 15.0 Å². The summed E-state index contributed by atoms with van der Waals surface area (Å²) in [5, 5.41) is 12.7. The van der Waals surface area contributed by atoms with Crippen molar-refractivity contribution in [2.45, 2.75) is 19.4 Å². The fourth-order valence-corrected chi connectivity index (χ4v) is 3.09. The molecule has 1 atom stereocenters. The lowest BCUT2D eigenvalue weighted by atomic mass is 10.1. The molecule has 3 aromatic rings. The Hall–Kier alpha value is -2.73. The van der Waals surface area contributed by atoms with Crippen LogP contribution >= 0.6 is 11.6 Å². The third-order valence-corrected chi connectivity index (χ3v) is 4.34. The number of rotatable bonds is 2. The molecule has 0 radical (unpaired) electrons. The number of benzene rings is 2. The summed E-state index contributed by atoms with van der Waals surface area (Å²) >= 11 is 5.88. The van der Waals surface area contributed by atoms with Crippen LogP contribution in [0.3, 0.4) is 0 Å². The van der Waals surface area contributed by atoms with E-state index in [4.69, 9.17) is 11.6 Å². The highest BCUT2D eigenvalue weighted by Crippen LogP contribution is 2.32. The van der Waals surface area contributed by atoms with Gasteiger partial charge in [0.15, 0.2) is 0 Å². The molecule has 0 spiro atoms. The third-order valence-electron chi connectivity index (χ3n) is 4.09. The van der Waals surface area contributed by atoms with Crippen molar-refractivity contribution in [2.24, 2.45) is 0 Å². The maximum atomic E-state index is 12.8. The number of fused-ring (bicyclic) bond motifs is 1. The first-order valence-electron chi connectivity index (χ1n) is 7.61. The van der Waals surface area contributed by atoms with Gasteiger partial charge in [0.2, 0.25) is 0 Å². The van der Waals surface area contributed by atoms with Gasteiger partial charge in [-0.25, -0.2) is 0 Å². The van der Waals surface area contributed by atoms with Gasteiger partial charge in [0, 0.05) is 16.8 Å². The molecule has 0 unspecified atom stereocenters. The topological polar surface area (TPSA) is 63.9 Å². The van der Waals surface area contributed by atoms with E-state index in [0.29, 0.717) is 10.7 Å². The summed E-state index contributed by atoms with van der Waals surface area (Å²) in [6, 6.07) is 15.0. The molecule has 6 nitrogen and oxygen atoms in total. The molecule has 1 aromatic heterocycles. The van der Waals surface area contributed by atoms with Gasteiger partial charge >= 0.3 is 0 Å². The third kappa shape index (κ3) is 2.45. The molecule has 0 aliphatic carbocycles. The van der Waals surface area contributed by atoms with Crippen LogP contribution in [0.1, 0.15) is 23.1 Å². The summed E-state index contributed by atoms with van der Waals surface area (Å²) in [5.74, 6) is -0.166. The Morgan fingerprint density at radius 2 is 1.92 bits per heavy atom. The van der Waals surface area contributed by atoms with Gasteiger partial charge in [0.25, 0.3) is 11.7 Å². The highest BCUT2D eigenvalue weighted by Gasteiger charge is 2.33. The number of para-hydroxylation sites is 1. The second kappa shape index (κ2) is 5.72. The zero-order valence-electron chi connectivity index (χ0n) is 12.9. The van der Waals surface area contributed by atoms with Crippen LogP contribution in [0.5, 0.6) is 0 Å². The second-order valence-electron chi connectivity index (χ2n) is 5.74. The number of tetrazole rings is 1. The zero-order valence-corrected chi connectivity index (χ0v) is 13.7. The van der Waals surface area contributed by atoms with Crippen molar-refractivity contribution in [3.63, 3.8) is 0 Å². The van der Waals surface area contributed by atoms with Crippen molar-refractivity contribution in [1.29, 1.82) is 0 Å². The van der Waals surface area contributed by atoms with E-state index in [0.717, 1.165) is 17.7 Å². The number of aromatic nitrogens is 4. The van der Waals surface area contributed by atoms with E-state index in [2.05, 4.69) is 15.4 Å². The number of halogens is 1. The number of carbonyl (C=O) groups is 1. The number of hydrogen-bond acceptors (Lipinski definition) is 4. The normalized spacial score (nSPS) is 16.2. The van der Waals surface area contributed by atoms with Gasteiger partial charge in [-0.2, -0.15) is 0 Å². The van der Waals surface area contributed by atoms with Gasteiger partial charge in [-0.3, -0.25) is 4.79 Å². The summed E-state index contributed by atoms with van der Waals surface area (Å²) in [5.41, 5.74) is 2.77. The highest BCUT2D eigenvalue weighted by molar-refractivity contribution is 6.30. The summed E-state index contributed by atoms with van der Waals surface area (Å²) < 4.78 is 0. The van der Waals surface area contributed by atoms with Crippen LogP contribution in [-0.4, -0.2) is 32.2 Å². The number of hydrogen-bond donors (Lipinski definition) is 0. The summed E-state index contributed by atoms with van der Waals surface area (Å²) in [7, 11) is 0. The minimum atomic E-state index is -0.243. The predicted molar refractivity (Wildman–Crippen MR) is 90.6 cm³/mol. The fourth-order valence-electron chi connectivity index (χ4n) is 2.97. The minimum absolute atomic E-state index is 0.0670. The number of nitrogens with zero attached hydrogens (tertiary/aromatic N) is 5. The smallest absolute Gasteiger partial charge is 0.300 e. The van der Waals surface area contributed by atoms with Gasteiger partial charge < -0.3 is 4.90 Å². The van der Waals surface area contributed by atoms with Crippen LogP contribution in [0.4, 0.5) is 5.69 Å². The van der Waals surface area contributed by atoms with Gasteiger partial charge in [0.05, 0.1) is 5.69 Å². The maximum absolute atomic E-state index is 12.8. The van der Waals surface area contributed by atoms with E-state index in [-0.39, 0.29) is 17.8 Å². The van der Waals surface area contributed by atoms with E-state index >= 15 is 0 Å². The molecule has 2 aromatic carbocycles. The molecule has 1 amide bonds. The molecular weight excluding hydrogens is 326 g/mol. The number of amides is 1. The molecule has 2 heterocycles. The molecule has 7 heteroatoms. The van der Waals surface area contributed by atoms with E-state index in [1.165, 1.54) is 4.80 Å². The predicted octanol–water partition coefficient (Wildman–Crippen LogP) is 2.91. The summed E-state index contributed by atoms with van der Waals surface area (Å²) in [4.78, 5) is 15.9. The quantitative estimate of drug-likeness (QED) is 0.720. The average molecular weight is 340 g/mol. The Bertz CT molecular complexity index is 905. The lowest BCUT2D eigenvalue weighted by Gasteiger charge is -2.20. The van der Waals surface area contributed by atoms with Crippen LogP contribution in [0.15, 0.2) is 48.5 Å². The van der Waals surface area contributed by atoms with Crippen molar-refractivity contribution in [3.05, 3.63) is 64.9 Å². The van der Waals surface area contributed by atoms with E-state index in [9.17, 15) is 4.79 Å². The van der Waals surface area contributed by atoms with Crippen molar-refractivity contribution >= 4 is 23.2 Å². The molecule has 1 aliphatic heterocycles. The molecule has 24 heavy (non-hydrogen) atoms. The van der Waals surface area contributed by atoms with Gasteiger partial charge in [0.1, 0.15) is 0 Å².